The Labute approximate surface area is 693 Å². The standard InChI is InChI=1S/4C18H15P.C8H10.4C2H6BClN.2Pt/c4*1-4-10-16(11-5-1)19(17-12-6-2-7-13-17)18-14-8-3-9-15-18;1-7-3-5-8(2)6-4-7;4*1-5(2)3-4;;/h4*1-15H;3-6H,1-2H3;4*1-2H3;;/q;;;;;4*-1;2*+2. The van der Waals surface area contributed by atoms with E-state index in [1.54, 1.807) is 19.2 Å². The largest absolute Gasteiger partial charge is 2.00 e. The first-order chi connectivity index (χ1) is 50.7. The van der Waals surface area contributed by atoms with E-state index in [4.69, 9.17) is 45.8 Å². The molecule has 13 aromatic rings. The van der Waals surface area contributed by atoms with E-state index < -0.39 is 31.7 Å². The molecular weight excluding hydrogens is 1810 g/mol. The van der Waals surface area contributed by atoms with Gasteiger partial charge in [-0.25, -0.2) is 0 Å². The molecular formula is C88H94B4Cl4N4P4Pt2. The molecule has 13 rings (SSSR count). The smallest absolute Gasteiger partial charge is 0.529 e. The monoisotopic (exact) mass is 1900 g/mol. The van der Waals surface area contributed by atoms with Crippen molar-refractivity contribution in [3.05, 3.63) is 399 Å². The van der Waals surface area contributed by atoms with Crippen molar-refractivity contribution in [3.63, 3.8) is 0 Å². The summed E-state index contributed by atoms with van der Waals surface area (Å²) in [6, 6.07) is 138. The second-order valence-corrected chi connectivity index (χ2v) is 33.4. The maximum atomic E-state index is 5.14. The van der Waals surface area contributed by atoms with Crippen molar-refractivity contribution in [3.8, 4) is 0 Å². The zero-order valence-corrected chi connectivity index (χ0v) is 73.1. The fourth-order valence-electron chi connectivity index (χ4n) is 9.35. The van der Waals surface area contributed by atoms with Crippen LogP contribution >= 0.6 is 77.5 Å². The number of benzene rings is 13. The predicted molar refractivity (Wildman–Crippen MR) is 478 cm³/mol. The number of hydrogen-bond donors (Lipinski definition) is 0. The zero-order chi connectivity index (χ0) is 74.8. The first-order valence-corrected chi connectivity index (χ1v) is 41.0. The topological polar surface area (TPSA) is 13.0 Å². The summed E-state index contributed by atoms with van der Waals surface area (Å²) < 4.78 is 0. The molecule has 546 valence electrons. The summed E-state index contributed by atoms with van der Waals surface area (Å²) in [4.78, 5) is 7.06. The quantitative estimate of drug-likeness (QED) is 0.0706. The number of nitrogens with zero attached hydrogens (tertiary/aromatic N) is 4. The van der Waals surface area contributed by atoms with E-state index in [1.807, 2.05) is 56.4 Å². The SMILES string of the molecule is CN(C)[B-]Cl.CN(C)[B-]Cl.CN(C)[B-]Cl.CN(C)[B-]Cl.Cc1ccc(C)cc1.[Pt+2].[Pt+2].c1ccc(P(c2ccccc2)c2ccccc2)cc1.c1ccc(P(c2ccccc2)c2ccccc2)cc1.c1ccc(P(c2ccccc2)c2ccccc2)cc1.c1ccc(P(c2ccccc2)c2ccccc2)cc1. The molecule has 0 aliphatic rings. The van der Waals surface area contributed by atoms with Gasteiger partial charge in [0, 0.05) is 0 Å². The molecule has 0 spiro atoms. The number of halogens is 4. The van der Waals surface area contributed by atoms with E-state index in [9.17, 15) is 0 Å². The van der Waals surface area contributed by atoms with Crippen LogP contribution in [0.4, 0.5) is 0 Å². The summed E-state index contributed by atoms with van der Waals surface area (Å²) in [5.74, 6) is 0. The zero-order valence-electron chi connectivity index (χ0n) is 62.0. The molecule has 0 aliphatic heterocycles. The van der Waals surface area contributed by atoms with Crippen molar-refractivity contribution in [2.45, 2.75) is 13.8 Å². The van der Waals surface area contributed by atoms with Gasteiger partial charge in [0.1, 0.15) is 0 Å². The van der Waals surface area contributed by atoms with E-state index in [1.165, 1.54) is 102 Å². The van der Waals surface area contributed by atoms with Gasteiger partial charge in [0.15, 0.2) is 0 Å². The third-order valence-corrected chi connectivity index (χ3v) is 25.5. The number of hydrogen-bond acceptors (Lipinski definition) is 4. The third kappa shape index (κ3) is 38.0. The second-order valence-electron chi connectivity index (χ2n) is 23.8. The Hall–Kier alpha value is -5.78. The molecule has 0 N–H and O–H groups in total. The Morgan fingerprint density at radius 3 is 0.311 bits per heavy atom. The third-order valence-electron chi connectivity index (χ3n) is 14.2. The van der Waals surface area contributed by atoms with Crippen molar-refractivity contribution in [2.24, 2.45) is 0 Å². The van der Waals surface area contributed by atoms with E-state index in [-0.39, 0.29) is 42.1 Å². The van der Waals surface area contributed by atoms with Crippen LogP contribution in [0.3, 0.4) is 0 Å². The summed E-state index contributed by atoms with van der Waals surface area (Å²) in [6.45, 7) is 10.1. The molecule has 18 heteroatoms. The van der Waals surface area contributed by atoms with Gasteiger partial charge in [0.25, 0.3) is 0 Å². The molecule has 0 amide bonds. The minimum atomic E-state index is -0.446. The molecule has 0 aliphatic carbocycles. The molecule has 0 saturated heterocycles. The van der Waals surface area contributed by atoms with Gasteiger partial charge in [-0.3, -0.25) is 0 Å². The summed E-state index contributed by atoms with van der Waals surface area (Å²) in [6.07, 6.45) is 0. The van der Waals surface area contributed by atoms with E-state index >= 15 is 0 Å². The maximum Gasteiger partial charge on any atom is 2.00 e. The first-order valence-electron chi connectivity index (χ1n) is 33.9. The Morgan fingerprint density at radius 1 is 0.170 bits per heavy atom. The van der Waals surface area contributed by atoms with Crippen molar-refractivity contribution in [2.75, 3.05) is 56.4 Å². The fraction of sp³-hybridized carbons (Fsp3) is 0.114. The molecule has 106 heavy (non-hydrogen) atoms. The van der Waals surface area contributed by atoms with Gasteiger partial charge < -0.3 is 65.1 Å². The van der Waals surface area contributed by atoms with Crippen molar-refractivity contribution >= 4 is 169 Å². The van der Waals surface area contributed by atoms with E-state index in [2.05, 4.69) is 402 Å². The van der Waals surface area contributed by atoms with Crippen LogP contribution in [0.1, 0.15) is 11.1 Å². The Bertz CT molecular complexity index is 3280. The maximum absolute atomic E-state index is 5.14. The van der Waals surface area contributed by atoms with Crippen molar-refractivity contribution in [1.82, 2.24) is 19.2 Å². The molecule has 0 saturated carbocycles. The van der Waals surface area contributed by atoms with Crippen LogP contribution in [0.2, 0.25) is 0 Å². The van der Waals surface area contributed by atoms with Crippen molar-refractivity contribution in [1.29, 1.82) is 0 Å². The van der Waals surface area contributed by atoms with Crippen LogP contribution in [0.25, 0.3) is 0 Å². The first kappa shape index (κ1) is 94.4. The molecule has 8 radical (unpaired) electrons. The fourth-order valence-corrected chi connectivity index (χ4v) is 18.6. The van der Waals surface area contributed by atoms with Gasteiger partial charge in [-0.1, -0.05) is 456 Å². The summed E-state index contributed by atoms with van der Waals surface area (Å²) in [5.41, 5.74) is 2.66. The number of rotatable bonds is 16. The Morgan fingerprint density at radius 2 is 0.245 bits per heavy atom. The molecule has 13 aromatic carbocycles. The predicted octanol–water partition coefficient (Wildman–Crippen LogP) is 17.4. The van der Waals surface area contributed by atoms with Gasteiger partial charge in [0.05, 0.1) is 0 Å². The van der Waals surface area contributed by atoms with Crippen LogP contribution in [0.5, 0.6) is 0 Å². The van der Waals surface area contributed by atoms with Gasteiger partial charge in [-0.15, -0.1) is 27.3 Å². The second kappa shape index (κ2) is 58.2. The van der Waals surface area contributed by atoms with Gasteiger partial charge in [-0.05, 0) is 109 Å². The van der Waals surface area contributed by atoms with Crippen LogP contribution in [0.15, 0.2) is 388 Å². The molecule has 0 heterocycles. The van der Waals surface area contributed by atoms with Crippen LogP contribution in [-0.4, -0.2) is 103 Å². The van der Waals surface area contributed by atoms with Crippen LogP contribution in [0, 0.1) is 13.8 Å². The average molecular weight is 1910 g/mol. The minimum Gasteiger partial charge on any atom is -0.529 e. The van der Waals surface area contributed by atoms with Gasteiger partial charge in [0.2, 0.25) is 0 Å². The molecule has 0 fully saturated rings. The van der Waals surface area contributed by atoms with Crippen molar-refractivity contribution < 1.29 is 42.1 Å². The van der Waals surface area contributed by atoms with Gasteiger partial charge >= 0.3 is 42.1 Å². The minimum absolute atomic E-state index is 0. The number of aryl methyl sites for hydroxylation is 2. The molecule has 0 unspecified atom stereocenters. The summed E-state index contributed by atoms with van der Waals surface area (Å²) >= 11 is 20.5. The average Bonchev–Trinajstić information content (AvgIpc) is 0.843. The molecule has 4 nitrogen and oxygen atoms in total. The normalized spacial score (nSPS) is 10.1. The molecule has 0 bridgehead atoms. The Kier molecular flexibility index (Phi) is 51.9. The van der Waals surface area contributed by atoms with Crippen LogP contribution in [-0.2, 0) is 42.1 Å². The summed E-state index contributed by atoms with van der Waals surface area (Å²) in [7, 11) is 13.2. The van der Waals surface area contributed by atoms with Crippen LogP contribution < -0.4 is 63.7 Å². The molecule has 0 aromatic heterocycles. The summed E-state index contributed by atoms with van der Waals surface area (Å²) in [5, 5.41) is 16.8. The van der Waals surface area contributed by atoms with E-state index in [0.29, 0.717) is 0 Å². The van der Waals surface area contributed by atoms with Gasteiger partial charge in [-0.2, -0.15) is 0 Å². The molecule has 0 atom stereocenters. The van der Waals surface area contributed by atoms with E-state index in [0.717, 1.165) is 0 Å². The Balaban J connectivity index is 0.000000326.